The van der Waals surface area contributed by atoms with Crippen molar-refractivity contribution in [3.63, 3.8) is 0 Å². The molecule has 0 bridgehead atoms. The average Bonchev–Trinajstić information content (AvgIpc) is 3.01. The van der Waals surface area contributed by atoms with Crippen LogP contribution in [0.25, 0.3) is 0 Å². The molecule has 3 N–H and O–H groups in total. The molecule has 4 nitrogen and oxygen atoms in total. The molecule has 1 aliphatic carbocycles. The van der Waals surface area contributed by atoms with Gasteiger partial charge in [0, 0.05) is 12.6 Å². The van der Waals surface area contributed by atoms with Crippen LogP contribution < -0.4 is 11.1 Å². The van der Waals surface area contributed by atoms with E-state index in [1.54, 1.807) is 0 Å². The van der Waals surface area contributed by atoms with Crippen molar-refractivity contribution >= 4 is 11.5 Å². The standard InChI is InChI=1S/C11H20N4/c1-4-15-11(10(12)8(3)14-15)13-7(2)9-5-6-9/h7,9,13H,4-6,12H2,1-3H3. The van der Waals surface area contributed by atoms with Gasteiger partial charge in [-0.15, -0.1) is 0 Å². The van der Waals surface area contributed by atoms with Gasteiger partial charge in [0.15, 0.2) is 0 Å². The minimum atomic E-state index is 0.508. The van der Waals surface area contributed by atoms with Gasteiger partial charge in [-0.2, -0.15) is 5.10 Å². The quantitative estimate of drug-likeness (QED) is 0.795. The lowest BCUT2D eigenvalue weighted by Gasteiger charge is -2.15. The van der Waals surface area contributed by atoms with Crippen molar-refractivity contribution in [3.8, 4) is 0 Å². The number of nitrogens with two attached hydrogens (primary N) is 1. The summed E-state index contributed by atoms with van der Waals surface area (Å²) >= 11 is 0. The second kappa shape index (κ2) is 3.76. The van der Waals surface area contributed by atoms with Gasteiger partial charge in [0.2, 0.25) is 0 Å². The van der Waals surface area contributed by atoms with E-state index in [0.717, 1.165) is 29.7 Å². The van der Waals surface area contributed by atoms with Gasteiger partial charge in [0.05, 0.1) is 11.4 Å². The molecule has 4 heteroatoms. The van der Waals surface area contributed by atoms with Gasteiger partial charge in [0.1, 0.15) is 5.82 Å². The molecule has 15 heavy (non-hydrogen) atoms. The highest BCUT2D eigenvalue weighted by molar-refractivity contribution is 5.65. The Morgan fingerprint density at radius 3 is 2.80 bits per heavy atom. The predicted molar refractivity (Wildman–Crippen MR) is 62.9 cm³/mol. The molecule has 0 saturated heterocycles. The average molecular weight is 208 g/mol. The summed E-state index contributed by atoms with van der Waals surface area (Å²) in [6.45, 7) is 7.12. The third kappa shape index (κ3) is 1.94. The second-order valence-corrected chi connectivity index (χ2v) is 4.43. The molecule has 0 aromatic carbocycles. The number of anilines is 2. The highest BCUT2D eigenvalue weighted by Gasteiger charge is 2.29. The Morgan fingerprint density at radius 1 is 1.60 bits per heavy atom. The van der Waals surface area contributed by atoms with Crippen LogP contribution in [0.2, 0.25) is 0 Å². The van der Waals surface area contributed by atoms with Crippen molar-refractivity contribution in [2.75, 3.05) is 11.1 Å². The van der Waals surface area contributed by atoms with E-state index in [0.29, 0.717) is 6.04 Å². The minimum absolute atomic E-state index is 0.508. The summed E-state index contributed by atoms with van der Waals surface area (Å²) in [6.07, 6.45) is 2.68. The Balaban J connectivity index is 2.17. The van der Waals surface area contributed by atoms with Gasteiger partial charge >= 0.3 is 0 Å². The lowest BCUT2D eigenvalue weighted by molar-refractivity contribution is 0.631. The highest BCUT2D eigenvalue weighted by atomic mass is 15.3. The summed E-state index contributed by atoms with van der Waals surface area (Å²) in [6, 6.07) is 0.508. The van der Waals surface area contributed by atoms with Gasteiger partial charge in [-0.1, -0.05) is 0 Å². The van der Waals surface area contributed by atoms with Crippen LogP contribution in [0.4, 0.5) is 11.5 Å². The van der Waals surface area contributed by atoms with E-state index in [2.05, 4.69) is 24.3 Å². The Kier molecular flexibility index (Phi) is 2.59. The van der Waals surface area contributed by atoms with Crippen LogP contribution >= 0.6 is 0 Å². The molecular formula is C11H20N4. The minimum Gasteiger partial charge on any atom is -0.394 e. The second-order valence-electron chi connectivity index (χ2n) is 4.43. The molecule has 0 radical (unpaired) electrons. The number of rotatable bonds is 4. The Labute approximate surface area is 90.8 Å². The first-order valence-corrected chi connectivity index (χ1v) is 5.73. The first-order valence-electron chi connectivity index (χ1n) is 5.73. The third-order valence-corrected chi connectivity index (χ3v) is 3.17. The normalized spacial score (nSPS) is 17.8. The number of nitrogen functional groups attached to an aromatic ring is 1. The first kappa shape index (κ1) is 10.3. The van der Waals surface area contributed by atoms with E-state index in [1.165, 1.54) is 12.8 Å². The fraction of sp³-hybridized carbons (Fsp3) is 0.727. The summed E-state index contributed by atoms with van der Waals surface area (Å²) in [5, 5.41) is 7.88. The molecule has 84 valence electrons. The molecule has 2 rings (SSSR count). The monoisotopic (exact) mass is 208 g/mol. The molecule has 1 aliphatic rings. The van der Waals surface area contributed by atoms with Crippen molar-refractivity contribution in [2.24, 2.45) is 5.92 Å². The molecule has 0 amide bonds. The zero-order valence-corrected chi connectivity index (χ0v) is 9.75. The number of aromatic nitrogens is 2. The zero-order valence-electron chi connectivity index (χ0n) is 9.75. The fourth-order valence-electron chi connectivity index (χ4n) is 1.91. The van der Waals surface area contributed by atoms with Crippen LogP contribution in [0.15, 0.2) is 0 Å². The number of aryl methyl sites for hydroxylation is 2. The summed E-state index contributed by atoms with van der Waals surface area (Å²) in [4.78, 5) is 0. The van der Waals surface area contributed by atoms with Gasteiger partial charge < -0.3 is 11.1 Å². The maximum atomic E-state index is 6.00. The van der Waals surface area contributed by atoms with E-state index in [-0.39, 0.29) is 0 Å². The van der Waals surface area contributed by atoms with Crippen molar-refractivity contribution < 1.29 is 0 Å². The van der Waals surface area contributed by atoms with E-state index in [9.17, 15) is 0 Å². The maximum absolute atomic E-state index is 6.00. The molecule has 1 unspecified atom stereocenters. The van der Waals surface area contributed by atoms with Gasteiger partial charge in [-0.25, -0.2) is 4.68 Å². The topological polar surface area (TPSA) is 55.9 Å². The fourth-order valence-corrected chi connectivity index (χ4v) is 1.91. The summed E-state index contributed by atoms with van der Waals surface area (Å²) < 4.78 is 1.95. The van der Waals surface area contributed by atoms with E-state index in [4.69, 9.17) is 5.73 Å². The van der Waals surface area contributed by atoms with Crippen LogP contribution in [0, 0.1) is 12.8 Å². The smallest absolute Gasteiger partial charge is 0.148 e. The molecule has 1 heterocycles. The number of hydrogen-bond donors (Lipinski definition) is 2. The third-order valence-electron chi connectivity index (χ3n) is 3.17. The van der Waals surface area contributed by atoms with Crippen LogP contribution in [-0.4, -0.2) is 15.8 Å². The predicted octanol–water partition coefficient (Wildman–Crippen LogP) is 2.00. The molecule has 1 fully saturated rings. The van der Waals surface area contributed by atoms with Crippen molar-refractivity contribution in [2.45, 2.75) is 46.2 Å². The van der Waals surface area contributed by atoms with E-state index in [1.807, 2.05) is 11.6 Å². The molecule has 1 atom stereocenters. The largest absolute Gasteiger partial charge is 0.394 e. The number of nitrogens with zero attached hydrogens (tertiary/aromatic N) is 2. The lowest BCUT2D eigenvalue weighted by Crippen LogP contribution is -2.20. The Morgan fingerprint density at radius 2 is 2.27 bits per heavy atom. The summed E-state index contributed by atoms with van der Waals surface area (Å²) in [5.74, 6) is 1.82. The highest BCUT2D eigenvalue weighted by Crippen LogP contribution is 2.35. The molecule has 0 aliphatic heterocycles. The summed E-state index contributed by atoms with van der Waals surface area (Å²) in [7, 11) is 0. The van der Waals surface area contributed by atoms with E-state index < -0.39 is 0 Å². The lowest BCUT2D eigenvalue weighted by atomic mass is 10.2. The van der Waals surface area contributed by atoms with E-state index >= 15 is 0 Å². The Hall–Kier alpha value is -1.19. The molecule has 1 aromatic heterocycles. The van der Waals surface area contributed by atoms with Crippen LogP contribution in [0.1, 0.15) is 32.4 Å². The SMILES string of the molecule is CCn1nc(C)c(N)c1NC(C)C1CC1. The first-order chi connectivity index (χ1) is 7.13. The van der Waals surface area contributed by atoms with Gasteiger partial charge in [-0.05, 0) is 39.5 Å². The zero-order chi connectivity index (χ0) is 11.0. The Bertz CT molecular complexity index is 352. The summed E-state index contributed by atoms with van der Waals surface area (Å²) in [5.41, 5.74) is 7.72. The molecular weight excluding hydrogens is 188 g/mol. The van der Waals surface area contributed by atoms with Crippen LogP contribution in [-0.2, 0) is 6.54 Å². The van der Waals surface area contributed by atoms with Crippen molar-refractivity contribution in [1.29, 1.82) is 0 Å². The number of hydrogen-bond acceptors (Lipinski definition) is 3. The van der Waals surface area contributed by atoms with Gasteiger partial charge in [-0.3, -0.25) is 0 Å². The van der Waals surface area contributed by atoms with Crippen LogP contribution in [0.3, 0.4) is 0 Å². The molecule has 1 aromatic rings. The maximum Gasteiger partial charge on any atom is 0.148 e. The van der Waals surface area contributed by atoms with Gasteiger partial charge in [0.25, 0.3) is 0 Å². The van der Waals surface area contributed by atoms with Crippen LogP contribution in [0.5, 0.6) is 0 Å². The van der Waals surface area contributed by atoms with Crippen molar-refractivity contribution in [1.82, 2.24) is 9.78 Å². The number of nitrogens with one attached hydrogen (secondary N) is 1. The van der Waals surface area contributed by atoms with Crippen molar-refractivity contribution in [3.05, 3.63) is 5.69 Å². The molecule has 1 saturated carbocycles. The molecule has 0 spiro atoms.